The van der Waals surface area contributed by atoms with Gasteiger partial charge in [0.25, 0.3) is 0 Å². The van der Waals surface area contributed by atoms with Gasteiger partial charge >= 0.3 is 0 Å². The van der Waals surface area contributed by atoms with E-state index >= 15 is 0 Å². The van der Waals surface area contributed by atoms with Crippen molar-refractivity contribution in [1.82, 2.24) is 15.8 Å². The van der Waals surface area contributed by atoms with Gasteiger partial charge in [-0.15, -0.1) is 0 Å². The number of aryl methyl sites for hydroxylation is 2. The van der Waals surface area contributed by atoms with Crippen molar-refractivity contribution in [2.24, 2.45) is 4.99 Å². The number of hydrogen-bond donors (Lipinski definition) is 2. The predicted molar refractivity (Wildman–Crippen MR) is 108 cm³/mol. The van der Waals surface area contributed by atoms with E-state index in [2.05, 4.69) is 29.6 Å². The summed E-state index contributed by atoms with van der Waals surface area (Å²) in [6, 6.07) is 0.344. The molecule has 0 aliphatic heterocycles. The van der Waals surface area contributed by atoms with Crippen LogP contribution in [0.25, 0.3) is 0 Å². The number of nitrogens with zero attached hydrogens (tertiary/aromatic N) is 2. The molecule has 148 valence electrons. The summed E-state index contributed by atoms with van der Waals surface area (Å²) in [5.74, 6) is 2.73. The Kier molecular flexibility index (Phi) is 8.13. The van der Waals surface area contributed by atoms with Crippen molar-refractivity contribution < 1.29 is 8.73 Å². The minimum Gasteiger partial charge on any atom is -0.361 e. The van der Waals surface area contributed by atoms with Crippen molar-refractivity contribution in [3.05, 3.63) is 17.0 Å². The van der Waals surface area contributed by atoms with Crippen LogP contribution in [0.5, 0.6) is 0 Å². The summed E-state index contributed by atoms with van der Waals surface area (Å²) in [5.41, 5.74) is 2.10. The predicted octanol–water partition coefficient (Wildman–Crippen LogP) is 3.03. The lowest BCUT2D eigenvalue weighted by Crippen LogP contribution is -2.46. The van der Waals surface area contributed by atoms with E-state index in [4.69, 9.17) is 9.52 Å². The second-order valence-corrected chi connectivity index (χ2v) is 9.16. The summed E-state index contributed by atoms with van der Waals surface area (Å²) in [4.78, 5) is 4.78. The van der Waals surface area contributed by atoms with Crippen molar-refractivity contribution in [3.63, 3.8) is 0 Å². The summed E-state index contributed by atoms with van der Waals surface area (Å²) >= 11 is 0. The Morgan fingerprint density at radius 2 is 2.15 bits per heavy atom. The highest BCUT2D eigenvalue weighted by atomic mass is 32.2. The molecule has 1 aliphatic carbocycles. The molecule has 1 aromatic heterocycles. The molecule has 26 heavy (non-hydrogen) atoms. The summed E-state index contributed by atoms with van der Waals surface area (Å²) in [7, 11) is -0.707. The number of aromatic nitrogens is 1. The Morgan fingerprint density at radius 1 is 1.38 bits per heavy atom. The van der Waals surface area contributed by atoms with Crippen LogP contribution in [-0.4, -0.2) is 45.5 Å². The lowest BCUT2D eigenvalue weighted by atomic mass is 9.95. The molecule has 0 spiro atoms. The van der Waals surface area contributed by atoms with Gasteiger partial charge in [-0.3, -0.25) is 9.20 Å². The number of hydrogen-bond acceptors (Lipinski definition) is 4. The minimum atomic E-state index is -0.707. The van der Waals surface area contributed by atoms with Gasteiger partial charge in [0.15, 0.2) is 5.96 Å². The maximum atomic E-state index is 12.2. The topological polar surface area (TPSA) is 79.5 Å². The van der Waals surface area contributed by atoms with Crippen molar-refractivity contribution in [2.45, 2.75) is 77.5 Å². The van der Waals surface area contributed by atoms with Crippen LogP contribution in [0, 0.1) is 13.8 Å². The SMILES string of the molecule is CCNC(=NCC(C)c1c(C)noc1C)NC1CCCC(S(=O)CC)C1. The van der Waals surface area contributed by atoms with Gasteiger partial charge < -0.3 is 15.2 Å². The van der Waals surface area contributed by atoms with Crippen molar-refractivity contribution >= 4 is 16.8 Å². The van der Waals surface area contributed by atoms with Gasteiger partial charge in [0.05, 0.1) is 5.69 Å². The van der Waals surface area contributed by atoms with E-state index in [1.165, 1.54) is 0 Å². The van der Waals surface area contributed by atoms with Crippen LogP contribution in [0.1, 0.15) is 69.4 Å². The molecule has 0 radical (unpaired) electrons. The van der Waals surface area contributed by atoms with E-state index in [0.29, 0.717) is 17.8 Å². The van der Waals surface area contributed by atoms with Crippen LogP contribution in [0.3, 0.4) is 0 Å². The average molecular weight is 383 g/mol. The fourth-order valence-corrected chi connectivity index (χ4v) is 5.12. The molecular formula is C19H34N4O2S. The first-order chi connectivity index (χ1) is 12.5. The molecule has 0 saturated heterocycles. The third-order valence-electron chi connectivity index (χ3n) is 5.07. The van der Waals surface area contributed by atoms with Gasteiger partial charge in [-0.05, 0) is 40.0 Å². The molecule has 0 aromatic carbocycles. The van der Waals surface area contributed by atoms with Crippen LogP contribution in [0.15, 0.2) is 9.52 Å². The summed E-state index contributed by atoms with van der Waals surface area (Å²) < 4.78 is 17.4. The molecule has 1 aromatic rings. The Labute approximate surface area is 160 Å². The maximum absolute atomic E-state index is 12.2. The van der Waals surface area contributed by atoms with Crippen molar-refractivity contribution in [2.75, 3.05) is 18.8 Å². The Hall–Kier alpha value is -1.37. The smallest absolute Gasteiger partial charge is 0.191 e. The van der Waals surface area contributed by atoms with Crippen molar-refractivity contribution in [3.8, 4) is 0 Å². The fourth-order valence-electron chi connectivity index (χ4n) is 3.78. The number of rotatable bonds is 7. The molecule has 0 bridgehead atoms. The number of aliphatic imine (C=N–C) groups is 1. The largest absolute Gasteiger partial charge is 0.361 e. The van der Waals surface area contributed by atoms with E-state index in [-0.39, 0.29) is 5.92 Å². The van der Waals surface area contributed by atoms with Gasteiger partial charge in [0.1, 0.15) is 5.76 Å². The average Bonchev–Trinajstić information content (AvgIpc) is 2.97. The standard InChI is InChI=1S/C19H34N4O2S/c1-6-20-19(21-12-13(3)18-14(4)23-25-15(18)5)22-16-9-8-10-17(11-16)26(24)7-2/h13,16-17H,6-12H2,1-5H3,(H2,20,21,22). The Morgan fingerprint density at radius 3 is 2.77 bits per heavy atom. The minimum absolute atomic E-state index is 0.253. The molecule has 4 atom stereocenters. The first-order valence-electron chi connectivity index (χ1n) is 9.80. The van der Waals surface area contributed by atoms with Gasteiger partial charge in [-0.1, -0.05) is 25.4 Å². The zero-order valence-electron chi connectivity index (χ0n) is 16.8. The van der Waals surface area contributed by atoms with Gasteiger partial charge in [0.2, 0.25) is 0 Å². The molecule has 1 saturated carbocycles. The first kappa shape index (κ1) is 20.9. The second-order valence-electron chi connectivity index (χ2n) is 7.16. The normalized spacial score (nSPS) is 23.5. The van der Waals surface area contributed by atoms with Gasteiger partial charge in [-0.25, -0.2) is 0 Å². The summed E-state index contributed by atoms with van der Waals surface area (Å²) in [6.45, 7) is 11.7. The highest BCUT2D eigenvalue weighted by molar-refractivity contribution is 7.85. The van der Waals surface area contributed by atoms with E-state index in [0.717, 1.165) is 61.0 Å². The highest BCUT2D eigenvalue weighted by Crippen LogP contribution is 2.24. The monoisotopic (exact) mass is 382 g/mol. The quantitative estimate of drug-likeness (QED) is 0.560. The molecule has 1 heterocycles. The lowest BCUT2D eigenvalue weighted by Gasteiger charge is -2.30. The molecule has 2 N–H and O–H groups in total. The summed E-state index contributed by atoms with van der Waals surface area (Å²) in [6.07, 6.45) is 4.28. The zero-order chi connectivity index (χ0) is 19.1. The van der Waals surface area contributed by atoms with Crippen molar-refractivity contribution in [1.29, 1.82) is 0 Å². The molecule has 6 nitrogen and oxygen atoms in total. The Bertz CT molecular complexity index is 610. The third-order valence-corrected chi connectivity index (χ3v) is 6.81. The highest BCUT2D eigenvalue weighted by Gasteiger charge is 2.26. The first-order valence-corrected chi connectivity index (χ1v) is 11.2. The van der Waals surface area contributed by atoms with Crippen LogP contribution < -0.4 is 10.6 Å². The van der Waals surface area contributed by atoms with Crippen LogP contribution in [-0.2, 0) is 10.8 Å². The molecule has 1 aliphatic rings. The fraction of sp³-hybridized carbons (Fsp3) is 0.789. The van der Waals surface area contributed by atoms with E-state index in [9.17, 15) is 4.21 Å². The van der Waals surface area contributed by atoms with Crippen LogP contribution >= 0.6 is 0 Å². The summed E-state index contributed by atoms with van der Waals surface area (Å²) in [5, 5.41) is 11.3. The molecule has 0 amide bonds. The van der Waals surface area contributed by atoms with Crippen LogP contribution in [0.4, 0.5) is 0 Å². The second kappa shape index (κ2) is 10.1. The molecule has 7 heteroatoms. The van der Waals surface area contributed by atoms with Crippen LogP contribution in [0.2, 0.25) is 0 Å². The maximum Gasteiger partial charge on any atom is 0.191 e. The van der Waals surface area contributed by atoms with Gasteiger partial charge in [0, 0.05) is 52.4 Å². The lowest BCUT2D eigenvalue weighted by molar-refractivity contribution is 0.391. The van der Waals surface area contributed by atoms with E-state index < -0.39 is 10.8 Å². The molecular weight excluding hydrogens is 348 g/mol. The Balaban J connectivity index is 1.99. The third kappa shape index (κ3) is 5.56. The zero-order valence-corrected chi connectivity index (χ0v) is 17.6. The van der Waals surface area contributed by atoms with E-state index in [1.54, 1.807) is 0 Å². The van der Waals surface area contributed by atoms with E-state index in [1.807, 2.05) is 20.8 Å². The number of nitrogens with one attached hydrogen (secondary N) is 2. The molecule has 4 unspecified atom stereocenters. The number of guanidine groups is 1. The van der Waals surface area contributed by atoms with Gasteiger partial charge in [-0.2, -0.15) is 0 Å². The molecule has 2 rings (SSSR count). The molecule has 1 fully saturated rings.